The summed E-state index contributed by atoms with van der Waals surface area (Å²) in [5.41, 5.74) is -0.667. The fourth-order valence-corrected chi connectivity index (χ4v) is 1.58. The second-order valence-corrected chi connectivity index (χ2v) is 5.54. The van der Waals surface area contributed by atoms with E-state index in [9.17, 15) is 8.42 Å². The summed E-state index contributed by atoms with van der Waals surface area (Å²) in [5, 5.41) is 26.0. The SMILES string of the molecule is CCC(CO)(CO)CO.O=S(=O)(O)c1ccccc1. The highest BCUT2D eigenvalue weighted by atomic mass is 32.2. The summed E-state index contributed by atoms with van der Waals surface area (Å²) >= 11 is 0. The third-order valence-electron chi connectivity index (χ3n) is 2.80. The summed E-state index contributed by atoms with van der Waals surface area (Å²) < 4.78 is 29.2. The van der Waals surface area contributed by atoms with Crippen LogP contribution in [-0.4, -0.2) is 48.1 Å². The Labute approximate surface area is 113 Å². The van der Waals surface area contributed by atoms with Crippen LogP contribution in [0, 0.1) is 5.41 Å². The van der Waals surface area contributed by atoms with E-state index in [0.29, 0.717) is 6.42 Å². The Morgan fingerprint density at radius 1 is 1.00 bits per heavy atom. The van der Waals surface area contributed by atoms with Gasteiger partial charge in [-0.25, -0.2) is 0 Å². The summed E-state index contributed by atoms with van der Waals surface area (Å²) in [6, 6.07) is 7.42. The predicted molar refractivity (Wildman–Crippen MR) is 70.2 cm³/mol. The molecular weight excluding hydrogens is 272 g/mol. The van der Waals surface area contributed by atoms with Gasteiger partial charge in [0.15, 0.2) is 0 Å². The third kappa shape index (κ3) is 6.13. The summed E-state index contributed by atoms with van der Waals surface area (Å²) in [7, 11) is -4.00. The first-order valence-corrected chi connectivity index (χ1v) is 7.14. The topological polar surface area (TPSA) is 115 Å². The Kier molecular flexibility index (Phi) is 7.81. The van der Waals surface area contributed by atoms with E-state index in [1.165, 1.54) is 12.1 Å². The molecule has 0 aliphatic heterocycles. The van der Waals surface area contributed by atoms with Crippen LogP contribution in [0.1, 0.15) is 13.3 Å². The zero-order valence-corrected chi connectivity index (χ0v) is 11.5. The predicted octanol–water partition coefficient (Wildman–Crippen LogP) is 0.293. The van der Waals surface area contributed by atoms with Crippen LogP contribution in [0.3, 0.4) is 0 Å². The van der Waals surface area contributed by atoms with Gasteiger partial charge in [-0.3, -0.25) is 4.55 Å². The van der Waals surface area contributed by atoms with Crippen molar-refractivity contribution in [1.29, 1.82) is 0 Å². The molecule has 0 fully saturated rings. The average molecular weight is 292 g/mol. The van der Waals surface area contributed by atoms with Gasteiger partial charge >= 0.3 is 0 Å². The Morgan fingerprint density at radius 2 is 1.42 bits per heavy atom. The maximum Gasteiger partial charge on any atom is 0.294 e. The van der Waals surface area contributed by atoms with Crippen LogP contribution in [0.4, 0.5) is 0 Å². The molecule has 7 heteroatoms. The Bertz CT molecular complexity index is 421. The quantitative estimate of drug-likeness (QED) is 0.580. The highest BCUT2D eigenvalue weighted by molar-refractivity contribution is 7.85. The molecule has 110 valence electrons. The van der Waals surface area contributed by atoms with Gasteiger partial charge in [0.25, 0.3) is 10.1 Å². The maximum atomic E-state index is 10.4. The lowest BCUT2D eigenvalue weighted by Gasteiger charge is -2.24. The first-order valence-electron chi connectivity index (χ1n) is 5.70. The molecule has 0 heterocycles. The van der Waals surface area contributed by atoms with Crippen LogP contribution >= 0.6 is 0 Å². The van der Waals surface area contributed by atoms with E-state index in [4.69, 9.17) is 19.9 Å². The molecular formula is C12H20O6S. The van der Waals surface area contributed by atoms with Crippen molar-refractivity contribution in [3.63, 3.8) is 0 Å². The number of hydrogen-bond donors (Lipinski definition) is 4. The zero-order valence-electron chi connectivity index (χ0n) is 10.7. The van der Waals surface area contributed by atoms with Crippen LogP contribution < -0.4 is 0 Å². The molecule has 0 amide bonds. The average Bonchev–Trinajstić information content (AvgIpc) is 2.43. The van der Waals surface area contributed by atoms with Crippen LogP contribution in [0.25, 0.3) is 0 Å². The molecule has 0 bridgehead atoms. The highest BCUT2D eigenvalue weighted by Gasteiger charge is 2.24. The van der Waals surface area contributed by atoms with Crippen molar-refractivity contribution >= 4 is 10.1 Å². The second-order valence-electron chi connectivity index (χ2n) is 4.12. The van der Waals surface area contributed by atoms with Crippen molar-refractivity contribution in [3.8, 4) is 0 Å². The highest BCUT2D eigenvalue weighted by Crippen LogP contribution is 2.18. The second kappa shape index (κ2) is 8.23. The van der Waals surface area contributed by atoms with Gasteiger partial charge in [0.2, 0.25) is 0 Å². The molecule has 0 aromatic heterocycles. The van der Waals surface area contributed by atoms with Crippen molar-refractivity contribution in [3.05, 3.63) is 30.3 Å². The van der Waals surface area contributed by atoms with Gasteiger partial charge in [-0.1, -0.05) is 25.1 Å². The lowest BCUT2D eigenvalue weighted by atomic mass is 9.88. The van der Waals surface area contributed by atoms with Crippen LogP contribution in [0.2, 0.25) is 0 Å². The molecule has 0 radical (unpaired) electrons. The van der Waals surface area contributed by atoms with Crippen molar-refractivity contribution in [1.82, 2.24) is 0 Å². The summed E-state index contributed by atoms with van der Waals surface area (Å²) in [6.45, 7) is 1.35. The molecule has 19 heavy (non-hydrogen) atoms. The van der Waals surface area contributed by atoms with E-state index >= 15 is 0 Å². The molecule has 0 saturated carbocycles. The van der Waals surface area contributed by atoms with E-state index < -0.39 is 15.5 Å². The van der Waals surface area contributed by atoms with Crippen LogP contribution in [-0.2, 0) is 10.1 Å². The monoisotopic (exact) mass is 292 g/mol. The minimum atomic E-state index is -4.00. The van der Waals surface area contributed by atoms with Gasteiger partial charge in [-0.05, 0) is 18.6 Å². The Balaban J connectivity index is 0.000000344. The van der Waals surface area contributed by atoms with Gasteiger partial charge < -0.3 is 15.3 Å². The molecule has 1 aromatic rings. The zero-order chi connectivity index (χ0) is 14.9. The molecule has 0 saturated heterocycles. The van der Waals surface area contributed by atoms with E-state index in [1.807, 2.05) is 6.92 Å². The molecule has 6 nitrogen and oxygen atoms in total. The molecule has 4 N–H and O–H groups in total. The minimum absolute atomic E-state index is 0.0741. The standard InChI is InChI=1S/C6H6O3S.C6H14O3/c7-10(8,9)6-4-2-1-3-5-6;1-2-6(3-7,4-8)5-9/h1-5H,(H,7,8,9);7-9H,2-5H2,1H3. The molecule has 0 atom stereocenters. The first-order chi connectivity index (χ1) is 8.85. The maximum absolute atomic E-state index is 10.4. The first kappa shape index (κ1) is 18.0. The third-order valence-corrected chi connectivity index (χ3v) is 3.67. The number of hydrogen-bond acceptors (Lipinski definition) is 5. The number of aliphatic hydroxyl groups is 3. The Morgan fingerprint density at radius 3 is 1.58 bits per heavy atom. The van der Waals surface area contributed by atoms with E-state index in [-0.39, 0.29) is 24.7 Å². The minimum Gasteiger partial charge on any atom is -0.396 e. The van der Waals surface area contributed by atoms with Gasteiger partial charge in [-0.15, -0.1) is 0 Å². The van der Waals surface area contributed by atoms with E-state index in [2.05, 4.69) is 0 Å². The van der Waals surface area contributed by atoms with Crippen molar-refractivity contribution in [2.24, 2.45) is 5.41 Å². The lowest BCUT2D eigenvalue weighted by Crippen LogP contribution is -2.32. The molecule has 1 aromatic carbocycles. The van der Waals surface area contributed by atoms with Crippen molar-refractivity contribution < 1.29 is 28.3 Å². The molecule has 1 rings (SSSR count). The van der Waals surface area contributed by atoms with E-state index in [0.717, 1.165) is 0 Å². The van der Waals surface area contributed by atoms with Gasteiger partial charge in [0, 0.05) is 5.41 Å². The largest absolute Gasteiger partial charge is 0.396 e. The fourth-order valence-electron chi connectivity index (χ4n) is 1.08. The van der Waals surface area contributed by atoms with Crippen molar-refractivity contribution in [2.45, 2.75) is 18.2 Å². The molecule has 0 spiro atoms. The van der Waals surface area contributed by atoms with E-state index in [1.54, 1.807) is 18.2 Å². The number of benzene rings is 1. The van der Waals surface area contributed by atoms with Gasteiger partial charge in [-0.2, -0.15) is 8.42 Å². The Hall–Kier alpha value is -0.990. The van der Waals surface area contributed by atoms with Crippen molar-refractivity contribution in [2.75, 3.05) is 19.8 Å². The molecule has 0 unspecified atom stereocenters. The summed E-state index contributed by atoms with van der Waals surface area (Å²) in [5.74, 6) is 0. The lowest BCUT2D eigenvalue weighted by molar-refractivity contribution is 0.00304. The fraction of sp³-hybridized carbons (Fsp3) is 0.500. The molecule has 0 aliphatic rings. The smallest absolute Gasteiger partial charge is 0.294 e. The van der Waals surface area contributed by atoms with Crippen LogP contribution in [0.5, 0.6) is 0 Å². The number of aliphatic hydroxyl groups excluding tert-OH is 3. The summed E-state index contributed by atoms with van der Waals surface area (Å²) in [4.78, 5) is -0.0741. The van der Waals surface area contributed by atoms with Gasteiger partial charge in [0.05, 0.1) is 24.7 Å². The number of rotatable bonds is 5. The molecule has 0 aliphatic carbocycles. The van der Waals surface area contributed by atoms with Crippen LogP contribution in [0.15, 0.2) is 35.2 Å². The normalized spacial score (nSPS) is 11.6. The summed E-state index contributed by atoms with van der Waals surface area (Å²) in [6.07, 6.45) is 0.594. The van der Waals surface area contributed by atoms with Gasteiger partial charge in [0.1, 0.15) is 0 Å².